The van der Waals surface area contributed by atoms with Crippen LogP contribution in [0.15, 0.2) is 30.5 Å². The first-order chi connectivity index (χ1) is 12.8. The molecule has 0 amide bonds. The van der Waals surface area contributed by atoms with Gasteiger partial charge in [-0.15, -0.1) is 0 Å². The number of nitrogens with zero attached hydrogens (tertiary/aromatic N) is 4. The topological polar surface area (TPSA) is 158 Å². The van der Waals surface area contributed by atoms with Gasteiger partial charge in [0, 0.05) is 6.42 Å². The Morgan fingerprint density at radius 2 is 1.81 bits per heavy atom. The van der Waals surface area contributed by atoms with Crippen LogP contribution in [0.1, 0.15) is 29.7 Å². The van der Waals surface area contributed by atoms with Crippen LogP contribution in [0.5, 0.6) is 0 Å². The fraction of sp³-hybridized carbons (Fsp3) is 0.222. The van der Waals surface area contributed by atoms with Crippen LogP contribution in [-0.2, 0) is 22.4 Å². The molecule has 5 N–H and O–H groups in total. The molecule has 0 fully saturated rings. The van der Waals surface area contributed by atoms with Crippen molar-refractivity contribution in [2.75, 3.05) is 11.5 Å². The molecule has 0 aliphatic carbocycles. The van der Waals surface area contributed by atoms with Crippen molar-refractivity contribution in [2.45, 2.75) is 25.7 Å². The summed E-state index contributed by atoms with van der Waals surface area (Å²) < 4.78 is 0. The second-order valence-electron chi connectivity index (χ2n) is 6.25. The molecule has 0 spiro atoms. The summed E-state index contributed by atoms with van der Waals surface area (Å²) in [5.41, 5.74) is 14.6. The third-order valence-corrected chi connectivity index (χ3v) is 4.17. The van der Waals surface area contributed by atoms with Gasteiger partial charge in [-0.1, -0.05) is 31.2 Å². The highest BCUT2D eigenvalue weighted by Gasteiger charge is 2.14. The van der Waals surface area contributed by atoms with Crippen molar-refractivity contribution in [3.63, 3.8) is 0 Å². The number of rotatable bonds is 6. The van der Waals surface area contributed by atoms with Crippen LogP contribution in [0.25, 0.3) is 11.2 Å². The number of carboxylic acids is 1. The molecule has 0 bridgehead atoms. The molecule has 2 aromatic heterocycles. The fourth-order valence-electron chi connectivity index (χ4n) is 2.74. The number of nitrogens with two attached hydrogens (primary N) is 2. The molecule has 3 aromatic rings. The number of Topliss-reactive ketones (excluding diaryl/α,β-unsaturated/α-hetero) is 1. The molecule has 1 unspecified atom stereocenters. The second kappa shape index (κ2) is 7.32. The highest BCUT2D eigenvalue weighted by Crippen LogP contribution is 2.22. The Hall–Kier alpha value is -3.62. The predicted octanol–water partition coefficient (Wildman–Crippen LogP) is 1.13. The molecule has 0 saturated heterocycles. The summed E-state index contributed by atoms with van der Waals surface area (Å²) >= 11 is 0. The Balaban J connectivity index is 1.75. The SMILES string of the molecule is CC(Cc1cnc2nc(N)nc(N)c2n1)c1ccc(CC(=O)C(=O)O)cc1. The summed E-state index contributed by atoms with van der Waals surface area (Å²) in [5.74, 6) is -1.89. The lowest BCUT2D eigenvalue weighted by Crippen LogP contribution is -2.15. The Morgan fingerprint density at radius 3 is 2.48 bits per heavy atom. The van der Waals surface area contributed by atoms with E-state index in [4.69, 9.17) is 16.6 Å². The maximum atomic E-state index is 11.3. The fourth-order valence-corrected chi connectivity index (χ4v) is 2.74. The molecule has 0 radical (unpaired) electrons. The van der Waals surface area contributed by atoms with Gasteiger partial charge < -0.3 is 16.6 Å². The summed E-state index contributed by atoms with van der Waals surface area (Å²) in [7, 11) is 0. The minimum absolute atomic E-state index is 0.0527. The van der Waals surface area contributed by atoms with Gasteiger partial charge in [0.15, 0.2) is 17.0 Å². The zero-order chi connectivity index (χ0) is 19.6. The van der Waals surface area contributed by atoms with E-state index in [9.17, 15) is 9.59 Å². The number of hydrogen-bond donors (Lipinski definition) is 3. The van der Waals surface area contributed by atoms with E-state index in [0.29, 0.717) is 23.1 Å². The zero-order valence-electron chi connectivity index (χ0n) is 14.6. The first-order valence-electron chi connectivity index (χ1n) is 8.23. The molecule has 3 rings (SSSR count). The number of hydrogen-bond acceptors (Lipinski definition) is 8. The van der Waals surface area contributed by atoms with Gasteiger partial charge in [-0.05, 0) is 23.5 Å². The number of anilines is 2. The lowest BCUT2D eigenvalue weighted by atomic mass is 9.94. The smallest absolute Gasteiger partial charge is 0.372 e. The quantitative estimate of drug-likeness (QED) is 0.543. The van der Waals surface area contributed by atoms with E-state index >= 15 is 0 Å². The van der Waals surface area contributed by atoms with Gasteiger partial charge in [0.25, 0.3) is 0 Å². The highest BCUT2D eigenvalue weighted by molar-refractivity contribution is 6.33. The Morgan fingerprint density at radius 1 is 1.11 bits per heavy atom. The first-order valence-corrected chi connectivity index (χ1v) is 8.23. The van der Waals surface area contributed by atoms with Crippen LogP contribution < -0.4 is 11.5 Å². The number of aromatic nitrogens is 4. The summed E-state index contributed by atoms with van der Waals surface area (Å²) in [4.78, 5) is 38.5. The highest BCUT2D eigenvalue weighted by atomic mass is 16.4. The minimum atomic E-state index is -1.42. The van der Waals surface area contributed by atoms with Gasteiger partial charge in [0.05, 0.1) is 11.9 Å². The molecule has 9 heteroatoms. The molecule has 0 aliphatic heterocycles. The Bertz CT molecular complexity index is 1020. The molecule has 27 heavy (non-hydrogen) atoms. The third kappa shape index (κ3) is 4.14. The zero-order valence-corrected chi connectivity index (χ0v) is 14.6. The van der Waals surface area contributed by atoms with Gasteiger partial charge in [-0.2, -0.15) is 9.97 Å². The van der Waals surface area contributed by atoms with Gasteiger partial charge >= 0.3 is 5.97 Å². The van der Waals surface area contributed by atoms with E-state index in [0.717, 1.165) is 11.3 Å². The number of aliphatic carboxylic acids is 1. The van der Waals surface area contributed by atoms with Gasteiger partial charge in [0.2, 0.25) is 11.7 Å². The van der Waals surface area contributed by atoms with E-state index in [1.54, 1.807) is 18.3 Å². The molecular weight excluding hydrogens is 348 g/mol. The van der Waals surface area contributed by atoms with Crippen LogP contribution in [0.3, 0.4) is 0 Å². The van der Waals surface area contributed by atoms with E-state index in [1.807, 2.05) is 19.1 Å². The molecule has 2 heterocycles. The minimum Gasteiger partial charge on any atom is -0.475 e. The molecule has 0 saturated carbocycles. The number of nitrogen functional groups attached to an aromatic ring is 2. The van der Waals surface area contributed by atoms with Gasteiger partial charge in [0.1, 0.15) is 0 Å². The van der Waals surface area contributed by atoms with Crippen molar-refractivity contribution in [3.05, 3.63) is 47.3 Å². The number of fused-ring (bicyclic) bond motifs is 1. The number of carbonyl (C=O) groups is 2. The second-order valence-corrected chi connectivity index (χ2v) is 6.25. The average Bonchev–Trinajstić information content (AvgIpc) is 2.62. The lowest BCUT2D eigenvalue weighted by molar-refractivity contribution is -0.148. The number of carboxylic acid groups (broad SMARTS) is 1. The van der Waals surface area contributed by atoms with Crippen molar-refractivity contribution in [1.82, 2.24) is 19.9 Å². The number of ketones is 1. The maximum absolute atomic E-state index is 11.3. The summed E-state index contributed by atoms with van der Waals surface area (Å²) in [5, 5.41) is 8.67. The van der Waals surface area contributed by atoms with E-state index in [-0.39, 0.29) is 24.1 Å². The Labute approximate surface area is 154 Å². The van der Waals surface area contributed by atoms with Crippen LogP contribution in [-0.4, -0.2) is 36.8 Å². The number of benzene rings is 1. The normalized spacial score (nSPS) is 12.0. The van der Waals surface area contributed by atoms with Crippen molar-refractivity contribution in [2.24, 2.45) is 0 Å². The number of carbonyl (C=O) groups excluding carboxylic acids is 1. The van der Waals surface area contributed by atoms with Crippen LogP contribution in [0.2, 0.25) is 0 Å². The van der Waals surface area contributed by atoms with Crippen LogP contribution in [0.4, 0.5) is 11.8 Å². The molecule has 138 valence electrons. The summed E-state index contributed by atoms with van der Waals surface area (Å²) in [6.45, 7) is 2.03. The van der Waals surface area contributed by atoms with Crippen molar-refractivity contribution in [3.8, 4) is 0 Å². The third-order valence-electron chi connectivity index (χ3n) is 4.17. The van der Waals surface area contributed by atoms with E-state index < -0.39 is 11.8 Å². The van der Waals surface area contributed by atoms with Crippen molar-refractivity contribution < 1.29 is 14.7 Å². The van der Waals surface area contributed by atoms with Crippen LogP contribution in [0, 0.1) is 0 Å². The van der Waals surface area contributed by atoms with Crippen LogP contribution >= 0.6 is 0 Å². The van der Waals surface area contributed by atoms with Gasteiger partial charge in [-0.25, -0.2) is 14.8 Å². The standard InChI is InChI=1S/C18H18N6O3/c1-9(11-4-2-10(3-5-11)7-13(25)17(26)27)6-12-8-21-16-14(22-12)15(19)23-18(20)24-16/h2-5,8-9H,6-7H2,1H3,(H,26,27)(H4,19,20,21,23,24). The predicted molar refractivity (Wildman–Crippen MR) is 98.9 cm³/mol. The Kier molecular flexibility index (Phi) is 4.93. The maximum Gasteiger partial charge on any atom is 0.372 e. The van der Waals surface area contributed by atoms with Gasteiger partial charge in [-0.3, -0.25) is 4.79 Å². The van der Waals surface area contributed by atoms with E-state index in [2.05, 4.69) is 19.9 Å². The first kappa shape index (κ1) is 18.2. The summed E-state index contributed by atoms with van der Waals surface area (Å²) in [6, 6.07) is 7.27. The average molecular weight is 366 g/mol. The van der Waals surface area contributed by atoms with Crippen molar-refractivity contribution >= 4 is 34.7 Å². The van der Waals surface area contributed by atoms with Crippen molar-refractivity contribution in [1.29, 1.82) is 0 Å². The van der Waals surface area contributed by atoms with E-state index in [1.165, 1.54) is 0 Å². The monoisotopic (exact) mass is 366 g/mol. The molecular formula is C18H18N6O3. The largest absolute Gasteiger partial charge is 0.475 e. The molecule has 1 aromatic carbocycles. The lowest BCUT2D eigenvalue weighted by Gasteiger charge is -2.12. The molecule has 0 aliphatic rings. The summed E-state index contributed by atoms with van der Waals surface area (Å²) in [6.07, 6.45) is 2.12. The molecule has 9 nitrogen and oxygen atoms in total. The molecule has 1 atom stereocenters.